The molecule has 0 fully saturated rings. The first-order valence-electron chi connectivity index (χ1n) is 15.6. The first kappa shape index (κ1) is 37.2. The Hall–Kier alpha value is -5.67. The molecule has 6 rings (SSSR count). The van der Waals surface area contributed by atoms with Gasteiger partial charge >= 0.3 is 0 Å². The molecule has 4 aromatic rings. The minimum Gasteiger partial charge on any atom is -0.507 e. The van der Waals surface area contributed by atoms with Crippen LogP contribution in [0.3, 0.4) is 0 Å². The van der Waals surface area contributed by atoms with Crippen molar-refractivity contribution < 1.29 is 47.1 Å². The van der Waals surface area contributed by atoms with Crippen molar-refractivity contribution >= 4 is 46.6 Å². The normalized spacial score (nSPS) is 13.5. The molecule has 2 heterocycles. The number of anilines is 2. The number of hydrogen-bond acceptors (Lipinski definition) is 12. The number of phenols is 4. The molecule has 0 aromatic heterocycles. The molecule has 2 aliphatic heterocycles. The zero-order chi connectivity index (χ0) is 35.2. The molecule has 0 aliphatic carbocycles. The molecule has 4 N–H and O–H groups in total. The summed E-state index contributed by atoms with van der Waals surface area (Å²) in [7, 11) is 3.70. The minimum atomic E-state index is -0.568. The van der Waals surface area contributed by atoms with Crippen molar-refractivity contribution in [2.45, 2.75) is 32.1 Å². The van der Waals surface area contributed by atoms with E-state index in [0.717, 1.165) is 62.5 Å². The Bertz CT molecular complexity index is 1970. The summed E-state index contributed by atoms with van der Waals surface area (Å²) in [4.78, 5) is 33.0. The van der Waals surface area contributed by atoms with Crippen LogP contribution in [-0.2, 0) is 29.6 Å². The van der Waals surface area contributed by atoms with E-state index in [-0.39, 0.29) is 62.5 Å². The number of aromatic hydroxyl groups is 4. The third kappa shape index (κ3) is 8.48. The summed E-state index contributed by atoms with van der Waals surface area (Å²) in [5.41, 5.74) is 5.05. The van der Waals surface area contributed by atoms with Gasteiger partial charge in [0, 0.05) is 115 Å². The average molecular weight is 728 g/mol. The molecule has 0 unspecified atom stereocenters. The van der Waals surface area contributed by atoms with Gasteiger partial charge in [-0.15, -0.1) is 0 Å². The molecule has 4 aromatic carbocycles. The van der Waals surface area contributed by atoms with E-state index in [1.165, 1.54) is 54.0 Å². The van der Waals surface area contributed by atoms with Gasteiger partial charge in [-0.2, -0.15) is 0 Å². The Morgan fingerprint density at radius 3 is 1.86 bits per heavy atom. The monoisotopic (exact) mass is 727 g/mol. The molecule has 0 spiro atoms. The molecule has 2 aliphatic rings. The van der Waals surface area contributed by atoms with Crippen molar-refractivity contribution in [2.24, 2.45) is 9.98 Å². The predicted molar refractivity (Wildman–Crippen MR) is 188 cm³/mol. The summed E-state index contributed by atoms with van der Waals surface area (Å²) >= 11 is 0. The van der Waals surface area contributed by atoms with Crippen molar-refractivity contribution in [3.8, 4) is 23.0 Å². The van der Waals surface area contributed by atoms with E-state index < -0.39 is 9.85 Å². The summed E-state index contributed by atoms with van der Waals surface area (Å²) in [6.07, 6.45) is 7.86. The van der Waals surface area contributed by atoms with Crippen LogP contribution in [0.5, 0.6) is 23.0 Å². The number of benzene rings is 4. The van der Waals surface area contributed by atoms with Crippen LogP contribution in [0.4, 0.5) is 34.1 Å². The van der Waals surface area contributed by atoms with Crippen LogP contribution in [0.2, 0.25) is 0 Å². The van der Waals surface area contributed by atoms with E-state index in [1.54, 1.807) is 18.2 Å². The van der Waals surface area contributed by atoms with Crippen LogP contribution in [0.15, 0.2) is 70.6 Å². The maximum absolute atomic E-state index is 10.9. The number of nitro benzene ring substituents is 2. The number of nitro groups is 2. The zero-order valence-electron chi connectivity index (χ0n) is 27.3. The fourth-order valence-electron chi connectivity index (χ4n) is 5.78. The van der Waals surface area contributed by atoms with Crippen LogP contribution >= 0.6 is 0 Å². The SMILES string of the molecule is CN(C)c1ccc(C=Nc2cc([N+](=O)[O-])ccc2O)c(O)c1.O=[N+]([O-])c1ccc(O)c(N=Cc2cc3c4c(c2O)CCCN4CCCC3)c1.[Co]. The molecule has 1 radical (unpaired) electrons. The van der Waals surface area contributed by atoms with Gasteiger partial charge in [-0.3, -0.25) is 30.2 Å². The molecule has 50 heavy (non-hydrogen) atoms. The Labute approximate surface area is 298 Å². The molecule has 0 bridgehead atoms. The second-order valence-corrected chi connectivity index (χ2v) is 11.9. The van der Waals surface area contributed by atoms with Gasteiger partial charge in [-0.25, -0.2) is 0 Å². The largest absolute Gasteiger partial charge is 0.507 e. The van der Waals surface area contributed by atoms with Crippen LogP contribution in [0.25, 0.3) is 0 Å². The first-order chi connectivity index (χ1) is 23.4. The van der Waals surface area contributed by atoms with Gasteiger partial charge in [-0.1, -0.05) is 0 Å². The van der Waals surface area contributed by atoms with Crippen molar-refractivity contribution in [1.82, 2.24) is 0 Å². The maximum Gasteiger partial charge on any atom is 0.271 e. The number of aryl methyl sites for hydroxylation is 1. The van der Waals surface area contributed by atoms with Crippen molar-refractivity contribution in [3.63, 3.8) is 0 Å². The molecular weight excluding hydrogens is 691 g/mol. The Morgan fingerprint density at radius 1 is 0.720 bits per heavy atom. The minimum absolute atomic E-state index is 0. The van der Waals surface area contributed by atoms with Crippen molar-refractivity contribution in [1.29, 1.82) is 0 Å². The Balaban J connectivity index is 0.000000225. The van der Waals surface area contributed by atoms with E-state index in [0.29, 0.717) is 11.1 Å². The average Bonchev–Trinajstić information content (AvgIpc) is 3.29. The summed E-state index contributed by atoms with van der Waals surface area (Å²) < 4.78 is 0. The van der Waals surface area contributed by atoms with E-state index in [2.05, 4.69) is 14.9 Å². The molecular formula is C35H36CoN6O8. The third-order valence-electron chi connectivity index (χ3n) is 8.33. The molecule has 0 amide bonds. The predicted octanol–water partition coefficient (Wildman–Crippen LogP) is 6.67. The Morgan fingerprint density at radius 2 is 1.30 bits per heavy atom. The van der Waals surface area contributed by atoms with Crippen LogP contribution in [0.1, 0.15) is 41.5 Å². The van der Waals surface area contributed by atoms with Gasteiger partial charge in [0.15, 0.2) is 0 Å². The fraction of sp³-hybridized carbons (Fsp3) is 0.257. The first-order valence-corrected chi connectivity index (χ1v) is 15.6. The number of hydrogen-bond donors (Lipinski definition) is 4. The van der Waals surface area contributed by atoms with Crippen LogP contribution < -0.4 is 9.80 Å². The van der Waals surface area contributed by atoms with Gasteiger partial charge < -0.3 is 30.2 Å². The molecule has 263 valence electrons. The summed E-state index contributed by atoms with van der Waals surface area (Å²) in [5, 5.41) is 62.0. The second kappa shape index (κ2) is 16.2. The number of aliphatic imine (C=N–C) groups is 2. The molecule has 15 heteroatoms. The quantitative estimate of drug-likeness (QED) is 0.0906. The fourth-order valence-corrected chi connectivity index (χ4v) is 5.78. The topological polar surface area (TPSA) is 198 Å². The molecule has 0 saturated carbocycles. The standard InChI is InChI=1S/C20H21N3O4.C15H15N3O4.Co/c24-18-7-6-15(23(26)27)11-17(18)21-12-14-10-13-4-1-2-8-22-9-3-5-16(19(13)22)20(14)25;1-17(2)11-4-3-10(15(20)8-11)9-16-13-7-12(18(21)22)5-6-14(13)19;/h6-7,10-12,24-25H,1-5,8-9H2;3-9,19-20H,1-2H3;. The van der Waals surface area contributed by atoms with Crippen LogP contribution in [0, 0.1) is 20.2 Å². The smallest absolute Gasteiger partial charge is 0.271 e. The van der Waals surface area contributed by atoms with E-state index >= 15 is 0 Å². The van der Waals surface area contributed by atoms with Crippen molar-refractivity contribution in [3.05, 3.63) is 103 Å². The maximum atomic E-state index is 10.9. The third-order valence-corrected chi connectivity index (χ3v) is 8.33. The number of rotatable bonds is 7. The number of nitrogens with zero attached hydrogens (tertiary/aromatic N) is 6. The van der Waals surface area contributed by atoms with Gasteiger partial charge in [0.25, 0.3) is 11.4 Å². The zero-order valence-corrected chi connectivity index (χ0v) is 28.4. The van der Waals surface area contributed by atoms with Gasteiger partial charge in [-0.05, 0) is 68.0 Å². The van der Waals surface area contributed by atoms with Gasteiger partial charge in [0.2, 0.25) is 0 Å². The van der Waals surface area contributed by atoms with E-state index in [4.69, 9.17) is 0 Å². The molecule has 0 saturated heterocycles. The molecule has 14 nitrogen and oxygen atoms in total. The van der Waals surface area contributed by atoms with Crippen LogP contribution in [-0.4, -0.2) is 69.9 Å². The summed E-state index contributed by atoms with van der Waals surface area (Å²) in [6.45, 7) is 2.04. The van der Waals surface area contributed by atoms with E-state index in [9.17, 15) is 40.7 Å². The number of phenolic OH excluding ortho intramolecular Hbond substituents is 4. The van der Waals surface area contributed by atoms with Crippen molar-refractivity contribution in [2.75, 3.05) is 37.0 Å². The molecule has 0 atom stereocenters. The van der Waals surface area contributed by atoms with E-state index in [1.807, 2.05) is 25.1 Å². The number of non-ortho nitro benzene ring substituents is 2. The second-order valence-electron chi connectivity index (χ2n) is 11.9. The summed E-state index contributed by atoms with van der Waals surface area (Å²) in [6, 6.07) is 14.3. The summed E-state index contributed by atoms with van der Waals surface area (Å²) in [5.74, 6) is -0.0706. The van der Waals surface area contributed by atoms with Gasteiger partial charge in [0.1, 0.15) is 34.4 Å². The Kier molecular flexibility index (Phi) is 12.0. The van der Waals surface area contributed by atoms with Gasteiger partial charge in [0.05, 0.1) is 9.85 Å².